The average molecular weight is 489 g/mol. The molecule has 0 unspecified atom stereocenters. The first-order valence-corrected chi connectivity index (χ1v) is 12.6. The van der Waals surface area contributed by atoms with Crippen LogP contribution in [0, 0.1) is 13.8 Å². The van der Waals surface area contributed by atoms with Crippen molar-refractivity contribution in [3.63, 3.8) is 0 Å². The van der Waals surface area contributed by atoms with Crippen LogP contribution in [0.4, 0.5) is 5.69 Å². The number of anilines is 1. The van der Waals surface area contributed by atoms with Gasteiger partial charge >= 0.3 is 0 Å². The van der Waals surface area contributed by atoms with Crippen LogP contribution >= 0.6 is 0 Å². The van der Waals surface area contributed by atoms with Gasteiger partial charge in [-0.25, -0.2) is 8.42 Å². The first-order chi connectivity index (χ1) is 16.1. The average Bonchev–Trinajstić information content (AvgIpc) is 2.81. The standard InChI is InChI=1S/C24H32N4O5S/c1-17-6-5-7-22(18(17)2)25-23(29)16-27-12-14-28(15-13-27)24(30)19(3)26-34(31,32)21-10-8-20(33-4)9-11-21/h5-11,19,26H,12-16H2,1-4H3,(H,25,29)/t19-/m0/s1. The molecule has 2 N–H and O–H groups in total. The summed E-state index contributed by atoms with van der Waals surface area (Å²) in [6.45, 7) is 7.64. The van der Waals surface area contributed by atoms with E-state index < -0.39 is 16.1 Å². The van der Waals surface area contributed by atoms with Crippen molar-refractivity contribution < 1.29 is 22.7 Å². The summed E-state index contributed by atoms with van der Waals surface area (Å²) in [7, 11) is -2.35. The molecule has 184 valence electrons. The summed E-state index contributed by atoms with van der Waals surface area (Å²) in [5.74, 6) is 0.148. The Morgan fingerprint density at radius 3 is 2.29 bits per heavy atom. The van der Waals surface area contributed by atoms with Gasteiger partial charge in [0.25, 0.3) is 0 Å². The van der Waals surface area contributed by atoms with Crippen molar-refractivity contribution in [1.29, 1.82) is 0 Å². The van der Waals surface area contributed by atoms with Crippen molar-refractivity contribution in [2.45, 2.75) is 31.7 Å². The molecular formula is C24H32N4O5S. The molecule has 1 saturated heterocycles. The predicted molar refractivity (Wildman–Crippen MR) is 130 cm³/mol. The van der Waals surface area contributed by atoms with Gasteiger partial charge in [-0.1, -0.05) is 12.1 Å². The molecule has 34 heavy (non-hydrogen) atoms. The van der Waals surface area contributed by atoms with E-state index in [4.69, 9.17) is 4.74 Å². The van der Waals surface area contributed by atoms with Gasteiger partial charge < -0.3 is 15.0 Å². The fourth-order valence-corrected chi connectivity index (χ4v) is 4.98. The minimum Gasteiger partial charge on any atom is -0.497 e. The third-order valence-electron chi connectivity index (χ3n) is 6.00. The van der Waals surface area contributed by atoms with Gasteiger partial charge in [-0.05, 0) is 62.2 Å². The third kappa shape index (κ3) is 6.34. The number of sulfonamides is 1. The third-order valence-corrected chi connectivity index (χ3v) is 7.56. The van der Waals surface area contributed by atoms with Gasteiger partial charge in [-0.15, -0.1) is 0 Å². The summed E-state index contributed by atoms with van der Waals surface area (Å²) in [5.41, 5.74) is 2.95. The van der Waals surface area contributed by atoms with E-state index in [0.29, 0.717) is 31.9 Å². The van der Waals surface area contributed by atoms with Gasteiger partial charge in [0.05, 0.1) is 24.6 Å². The summed E-state index contributed by atoms with van der Waals surface area (Å²) in [6, 6.07) is 10.8. The van der Waals surface area contributed by atoms with E-state index in [-0.39, 0.29) is 23.3 Å². The number of ether oxygens (including phenoxy) is 1. The number of benzene rings is 2. The number of rotatable bonds is 8. The molecule has 0 aliphatic carbocycles. The Morgan fingerprint density at radius 1 is 1.03 bits per heavy atom. The quantitative estimate of drug-likeness (QED) is 0.586. The summed E-state index contributed by atoms with van der Waals surface area (Å²) in [6.07, 6.45) is 0. The highest BCUT2D eigenvalue weighted by Gasteiger charge is 2.28. The van der Waals surface area contributed by atoms with Crippen molar-refractivity contribution in [1.82, 2.24) is 14.5 Å². The van der Waals surface area contributed by atoms with Gasteiger partial charge in [0, 0.05) is 31.9 Å². The van der Waals surface area contributed by atoms with Crippen molar-refractivity contribution in [3.05, 3.63) is 53.6 Å². The predicted octanol–water partition coefficient (Wildman–Crippen LogP) is 1.76. The Bertz CT molecular complexity index is 1130. The van der Waals surface area contributed by atoms with Gasteiger partial charge in [-0.3, -0.25) is 14.5 Å². The van der Waals surface area contributed by atoms with Crippen LogP contribution in [0.5, 0.6) is 5.75 Å². The zero-order chi connectivity index (χ0) is 24.9. The number of methoxy groups -OCH3 is 1. The monoisotopic (exact) mass is 488 g/mol. The molecule has 10 heteroatoms. The number of nitrogens with one attached hydrogen (secondary N) is 2. The number of carbonyl (C=O) groups excluding carboxylic acids is 2. The summed E-state index contributed by atoms with van der Waals surface area (Å²) in [5, 5.41) is 2.95. The Kier molecular flexibility index (Phi) is 8.29. The van der Waals surface area contributed by atoms with E-state index >= 15 is 0 Å². The van der Waals surface area contributed by atoms with Crippen LogP contribution in [0.15, 0.2) is 47.4 Å². The number of hydrogen-bond donors (Lipinski definition) is 2. The van der Waals surface area contributed by atoms with Crippen molar-refractivity contribution in [3.8, 4) is 5.75 Å². The number of amides is 2. The van der Waals surface area contributed by atoms with Gasteiger partial charge in [-0.2, -0.15) is 4.72 Å². The Labute approximate surface area is 201 Å². The second-order valence-electron chi connectivity index (χ2n) is 8.42. The molecule has 1 heterocycles. The van der Waals surface area contributed by atoms with Gasteiger partial charge in [0.2, 0.25) is 21.8 Å². The van der Waals surface area contributed by atoms with Crippen molar-refractivity contribution >= 4 is 27.5 Å². The molecule has 0 saturated carbocycles. The lowest BCUT2D eigenvalue weighted by molar-refractivity contribution is -0.134. The molecule has 0 radical (unpaired) electrons. The normalized spacial score (nSPS) is 15.6. The second-order valence-corrected chi connectivity index (χ2v) is 10.1. The summed E-state index contributed by atoms with van der Waals surface area (Å²) >= 11 is 0. The maximum absolute atomic E-state index is 12.8. The maximum Gasteiger partial charge on any atom is 0.241 e. The second kappa shape index (κ2) is 11.0. The number of piperazine rings is 1. The van der Waals surface area contributed by atoms with Crippen LogP contribution in [-0.2, 0) is 19.6 Å². The molecular weight excluding hydrogens is 456 g/mol. The molecule has 1 aliphatic rings. The lowest BCUT2D eigenvalue weighted by Gasteiger charge is -2.35. The van der Waals surface area contributed by atoms with E-state index in [0.717, 1.165) is 16.8 Å². The van der Waals surface area contributed by atoms with E-state index in [1.165, 1.54) is 26.2 Å². The molecule has 1 fully saturated rings. The first kappa shape index (κ1) is 25.7. The number of carbonyl (C=O) groups is 2. The summed E-state index contributed by atoms with van der Waals surface area (Å²) in [4.78, 5) is 29.0. The largest absolute Gasteiger partial charge is 0.497 e. The highest BCUT2D eigenvalue weighted by atomic mass is 32.2. The minimum absolute atomic E-state index is 0.0626. The van der Waals surface area contributed by atoms with Gasteiger partial charge in [0.1, 0.15) is 5.75 Å². The number of aryl methyl sites for hydroxylation is 1. The molecule has 2 aromatic carbocycles. The topological polar surface area (TPSA) is 108 Å². The van der Waals surface area contributed by atoms with Crippen LogP contribution in [0.3, 0.4) is 0 Å². The summed E-state index contributed by atoms with van der Waals surface area (Å²) < 4.78 is 32.7. The maximum atomic E-state index is 12.8. The smallest absolute Gasteiger partial charge is 0.241 e. The van der Waals surface area contributed by atoms with E-state index in [1.54, 1.807) is 17.0 Å². The van der Waals surface area contributed by atoms with E-state index in [1.807, 2.05) is 36.9 Å². The van der Waals surface area contributed by atoms with Crippen molar-refractivity contribution in [2.75, 3.05) is 45.2 Å². The molecule has 0 bridgehead atoms. The highest BCUT2D eigenvalue weighted by Crippen LogP contribution is 2.18. The lowest BCUT2D eigenvalue weighted by atomic mass is 10.1. The van der Waals surface area contributed by atoms with Crippen LogP contribution < -0.4 is 14.8 Å². The molecule has 1 atom stereocenters. The molecule has 2 aromatic rings. The van der Waals surface area contributed by atoms with Crippen LogP contribution in [0.25, 0.3) is 0 Å². The van der Waals surface area contributed by atoms with Gasteiger partial charge in [0.15, 0.2) is 0 Å². The van der Waals surface area contributed by atoms with Crippen LogP contribution in [0.1, 0.15) is 18.1 Å². The fraction of sp³-hybridized carbons (Fsp3) is 0.417. The van der Waals surface area contributed by atoms with Crippen molar-refractivity contribution in [2.24, 2.45) is 0 Å². The SMILES string of the molecule is COc1ccc(S(=O)(=O)N[C@@H](C)C(=O)N2CCN(CC(=O)Nc3cccc(C)c3C)CC2)cc1. The van der Waals surface area contributed by atoms with E-state index in [9.17, 15) is 18.0 Å². The van der Waals surface area contributed by atoms with E-state index in [2.05, 4.69) is 10.0 Å². The minimum atomic E-state index is -3.85. The Balaban J connectivity index is 1.49. The molecule has 0 spiro atoms. The first-order valence-electron chi connectivity index (χ1n) is 11.1. The Morgan fingerprint density at radius 2 is 1.68 bits per heavy atom. The lowest BCUT2D eigenvalue weighted by Crippen LogP contribution is -2.54. The zero-order valence-corrected chi connectivity index (χ0v) is 20.8. The molecule has 9 nitrogen and oxygen atoms in total. The molecule has 2 amide bonds. The fourth-order valence-electron chi connectivity index (χ4n) is 3.79. The highest BCUT2D eigenvalue weighted by molar-refractivity contribution is 7.89. The number of nitrogens with zero attached hydrogens (tertiary/aromatic N) is 2. The van der Waals surface area contributed by atoms with Crippen LogP contribution in [0.2, 0.25) is 0 Å². The molecule has 1 aliphatic heterocycles. The number of hydrogen-bond acceptors (Lipinski definition) is 6. The molecule has 3 rings (SSSR count). The Hall–Kier alpha value is -2.95. The zero-order valence-electron chi connectivity index (χ0n) is 20.0. The molecule has 0 aromatic heterocycles. The van der Waals surface area contributed by atoms with Crippen LogP contribution in [-0.4, -0.2) is 75.9 Å².